The third-order valence-corrected chi connectivity index (χ3v) is 7.39. The van der Waals surface area contributed by atoms with E-state index in [9.17, 15) is 8.42 Å². The van der Waals surface area contributed by atoms with Crippen molar-refractivity contribution in [3.63, 3.8) is 0 Å². The first kappa shape index (κ1) is 13.2. The van der Waals surface area contributed by atoms with Crippen LogP contribution in [0, 0.1) is 0 Å². The molecule has 0 aromatic heterocycles. The fraction of sp³-hybridized carbons (Fsp3) is 1.00. The quantitative estimate of drug-likeness (QED) is 0.343. The van der Waals surface area contributed by atoms with E-state index in [4.69, 9.17) is 4.55 Å². The Labute approximate surface area is 110 Å². The zero-order valence-electron chi connectivity index (χ0n) is 10.5. The first-order chi connectivity index (χ1) is 8.44. The first-order valence-electron chi connectivity index (χ1n) is 6.42. The lowest BCUT2D eigenvalue weighted by Crippen LogP contribution is -2.71. The van der Waals surface area contributed by atoms with Gasteiger partial charge in [0.25, 0.3) is 10.1 Å². The highest BCUT2D eigenvalue weighted by molar-refractivity contribution is 7.85. The smallest absolute Gasteiger partial charge is 0.264 e. The van der Waals surface area contributed by atoms with Crippen molar-refractivity contribution in [2.75, 3.05) is 51.2 Å². The maximum absolute atomic E-state index is 10.7. The molecular weight excluding hydrogens is 273 g/mol. The van der Waals surface area contributed by atoms with Crippen LogP contribution in [-0.2, 0) is 10.1 Å². The molecular formula is C10H21N3O3PS+. The summed E-state index contributed by atoms with van der Waals surface area (Å²) in [5.74, 6) is -0.0881. The Morgan fingerprint density at radius 3 is 2.39 bits per heavy atom. The van der Waals surface area contributed by atoms with Gasteiger partial charge in [-0.15, -0.1) is 0 Å². The third-order valence-electron chi connectivity index (χ3n) is 3.98. The largest absolute Gasteiger partial charge is 0.295 e. The highest BCUT2D eigenvalue weighted by Gasteiger charge is 2.48. The lowest BCUT2D eigenvalue weighted by molar-refractivity contribution is -0.948. The number of rotatable bonds is 5. The maximum Gasteiger partial charge on any atom is 0.264 e. The minimum atomic E-state index is -3.78. The molecule has 18 heavy (non-hydrogen) atoms. The summed E-state index contributed by atoms with van der Waals surface area (Å²) in [6.07, 6.45) is 5.39. The molecule has 0 aliphatic carbocycles. The van der Waals surface area contributed by atoms with Crippen molar-refractivity contribution in [3.8, 4) is 0 Å². The van der Waals surface area contributed by atoms with Crippen molar-refractivity contribution in [3.05, 3.63) is 0 Å². The number of nitrogens with zero attached hydrogens (tertiary/aromatic N) is 3. The second kappa shape index (κ2) is 4.65. The summed E-state index contributed by atoms with van der Waals surface area (Å²) >= 11 is 0. The summed E-state index contributed by atoms with van der Waals surface area (Å²) in [5, 5.41) is 0. The van der Waals surface area contributed by atoms with E-state index in [-0.39, 0.29) is 13.7 Å². The zero-order chi connectivity index (χ0) is 12.8. The van der Waals surface area contributed by atoms with Crippen LogP contribution in [0.1, 0.15) is 12.8 Å². The van der Waals surface area contributed by atoms with Gasteiger partial charge in [-0.05, 0) is 20.8 Å². The minimum absolute atomic E-state index is 0.0881. The molecule has 0 saturated carbocycles. The van der Waals surface area contributed by atoms with Crippen LogP contribution in [0.15, 0.2) is 0 Å². The molecule has 4 bridgehead atoms. The average molecular weight is 294 g/mol. The standard InChI is InChI=1S/C10H20N3O3PS/c14-18(15,16)4-2-1-3-13-6-11-5-12(7-13)9-17(8-11)10-13/h1-10H2/p+1. The molecule has 4 heterocycles. The van der Waals surface area contributed by atoms with E-state index >= 15 is 0 Å². The van der Waals surface area contributed by atoms with Gasteiger partial charge in [-0.1, -0.05) is 0 Å². The average Bonchev–Trinajstić information content (AvgIpc) is 2.21. The molecule has 4 aliphatic rings. The van der Waals surface area contributed by atoms with Crippen LogP contribution in [0.4, 0.5) is 0 Å². The molecule has 4 aliphatic heterocycles. The normalized spacial score (nSPS) is 42.4. The monoisotopic (exact) mass is 294 g/mol. The summed E-state index contributed by atoms with van der Waals surface area (Å²) in [6, 6.07) is 0. The first-order valence-corrected chi connectivity index (χ1v) is 9.92. The van der Waals surface area contributed by atoms with Crippen LogP contribution in [0.3, 0.4) is 0 Å². The molecule has 2 atom stereocenters. The van der Waals surface area contributed by atoms with Crippen LogP contribution < -0.4 is 0 Å². The van der Waals surface area contributed by atoms with Gasteiger partial charge in [0, 0.05) is 12.6 Å². The van der Waals surface area contributed by atoms with Gasteiger partial charge in [0.1, 0.15) is 19.6 Å². The Kier molecular flexibility index (Phi) is 3.41. The van der Waals surface area contributed by atoms with E-state index in [2.05, 4.69) is 9.80 Å². The molecule has 4 saturated heterocycles. The Balaban J connectivity index is 1.53. The summed E-state index contributed by atoms with van der Waals surface area (Å²) in [5.41, 5.74) is 0. The van der Waals surface area contributed by atoms with Gasteiger partial charge in [0.15, 0.2) is 0 Å². The molecule has 0 amide bonds. The molecule has 0 spiro atoms. The second-order valence-electron chi connectivity index (χ2n) is 5.92. The molecule has 4 rings (SSSR count). The summed E-state index contributed by atoms with van der Waals surface area (Å²) in [4.78, 5) is 5.09. The van der Waals surface area contributed by atoms with Crippen molar-refractivity contribution in [2.45, 2.75) is 12.8 Å². The summed E-state index contributed by atoms with van der Waals surface area (Å²) in [6.45, 7) is 4.47. The topological polar surface area (TPSA) is 60.9 Å². The van der Waals surface area contributed by atoms with Gasteiger partial charge >= 0.3 is 0 Å². The molecule has 1 N–H and O–H groups in total. The fourth-order valence-corrected chi connectivity index (χ4v) is 7.10. The van der Waals surface area contributed by atoms with E-state index in [1.54, 1.807) is 0 Å². The van der Waals surface area contributed by atoms with Gasteiger partial charge in [0.05, 0.1) is 19.0 Å². The van der Waals surface area contributed by atoms with E-state index in [1.165, 1.54) is 18.9 Å². The zero-order valence-corrected chi connectivity index (χ0v) is 12.2. The molecule has 2 unspecified atom stereocenters. The van der Waals surface area contributed by atoms with E-state index in [0.29, 0.717) is 6.42 Å². The number of quaternary nitrogens is 1. The molecule has 0 aromatic rings. The predicted molar refractivity (Wildman–Crippen MR) is 70.6 cm³/mol. The van der Waals surface area contributed by atoms with Crippen LogP contribution >= 0.6 is 7.92 Å². The minimum Gasteiger partial charge on any atom is -0.295 e. The van der Waals surface area contributed by atoms with Crippen LogP contribution in [0.2, 0.25) is 0 Å². The van der Waals surface area contributed by atoms with Gasteiger partial charge in [-0.2, -0.15) is 8.42 Å². The maximum atomic E-state index is 10.7. The van der Waals surface area contributed by atoms with Gasteiger partial charge in [-0.3, -0.25) is 9.04 Å². The Bertz CT molecular complexity index is 393. The molecule has 6 nitrogen and oxygen atoms in total. The summed E-state index contributed by atoms with van der Waals surface area (Å²) < 4.78 is 31.3. The molecule has 0 aromatic carbocycles. The van der Waals surface area contributed by atoms with Crippen molar-refractivity contribution in [1.82, 2.24) is 9.80 Å². The molecule has 104 valence electrons. The van der Waals surface area contributed by atoms with Crippen LogP contribution in [0.5, 0.6) is 0 Å². The summed E-state index contributed by atoms with van der Waals surface area (Å²) in [7, 11) is -3.62. The highest BCUT2D eigenvalue weighted by atomic mass is 32.2. The van der Waals surface area contributed by atoms with Crippen molar-refractivity contribution >= 4 is 18.0 Å². The van der Waals surface area contributed by atoms with Crippen molar-refractivity contribution in [1.29, 1.82) is 0 Å². The fourth-order valence-electron chi connectivity index (χ4n) is 3.60. The van der Waals surface area contributed by atoms with Gasteiger partial charge < -0.3 is 0 Å². The number of hydrogen-bond acceptors (Lipinski definition) is 4. The number of unbranched alkanes of at least 4 members (excludes halogenated alkanes) is 1. The predicted octanol–water partition coefficient (Wildman–Crippen LogP) is 0.343. The van der Waals surface area contributed by atoms with Crippen molar-refractivity contribution < 1.29 is 17.5 Å². The second-order valence-corrected chi connectivity index (χ2v) is 9.68. The van der Waals surface area contributed by atoms with Crippen LogP contribution in [0.25, 0.3) is 0 Å². The molecule has 0 radical (unpaired) electrons. The SMILES string of the molecule is O=S(=O)(O)CCCC[N+]12CN3CN(CP(C3)C1)C2. The van der Waals surface area contributed by atoms with Gasteiger partial charge in [0.2, 0.25) is 0 Å². The Morgan fingerprint density at radius 2 is 1.83 bits per heavy atom. The molecule has 8 heteroatoms. The highest BCUT2D eigenvalue weighted by Crippen LogP contribution is 2.50. The molecule has 4 fully saturated rings. The van der Waals surface area contributed by atoms with Crippen molar-refractivity contribution in [2.24, 2.45) is 0 Å². The lowest BCUT2D eigenvalue weighted by atomic mass is 10.3. The lowest BCUT2D eigenvalue weighted by Gasteiger charge is -2.60. The van der Waals surface area contributed by atoms with Gasteiger partial charge in [-0.25, -0.2) is 9.80 Å². The van der Waals surface area contributed by atoms with E-state index in [1.807, 2.05) is 0 Å². The Hall–Kier alpha value is 0.220. The third kappa shape index (κ3) is 2.86. The van der Waals surface area contributed by atoms with Crippen LogP contribution in [-0.4, -0.2) is 78.4 Å². The number of hydrogen-bond donors (Lipinski definition) is 1. The van der Waals surface area contributed by atoms with E-state index < -0.39 is 10.1 Å². The Morgan fingerprint density at radius 1 is 1.17 bits per heavy atom. The van der Waals surface area contributed by atoms with E-state index in [0.717, 1.165) is 37.5 Å².